The van der Waals surface area contributed by atoms with Crippen molar-refractivity contribution in [2.24, 2.45) is 0 Å². The number of aryl methyl sites for hydroxylation is 2. The molecule has 3 N–H and O–H groups in total. The van der Waals surface area contributed by atoms with Gasteiger partial charge < -0.3 is 5.32 Å². The number of hydrogen-bond donors (Lipinski definition) is 3. The number of nitrogens with one attached hydrogen (secondary N) is 3. The highest BCUT2D eigenvalue weighted by Crippen LogP contribution is 2.26. The molecule has 0 radical (unpaired) electrons. The normalized spacial score (nSPS) is 21.7. The van der Waals surface area contributed by atoms with Crippen molar-refractivity contribution in [2.75, 3.05) is 16.2 Å². The molecule has 2 aromatic rings. The van der Waals surface area contributed by atoms with Gasteiger partial charge in [-0.05, 0) is 57.5 Å². The largest absolute Gasteiger partial charge is 0.325 e. The van der Waals surface area contributed by atoms with Crippen LogP contribution in [-0.4, -0.2) is 38.2 Å². The molecule has 0 aliphatic carbocycles. The number of hydrazine groups is 1. The minimum absolute atomic E-state index is 0.289. The van der Waals surface area contributed by atoms with E-state index in [0.717, 1.165) is 11.1 Å². The number of amides is 1. The van der Waals surface area contributed by atoms with Gasteiger partial charge in [-0.2, -0.15) is 0 Å². The third kappa shape index (κ3) is 4.77. The van der Waals surface area contributed by atoms with Crippen LogP contribution in [0.4, 0.5) is 11.4 Å². The Morgan fingerprint density at radius 1 is 1.00 bits per heavy atom. The van der Waals surface area contributed by atoms with Crippen LogP contribution < -0.4 is 20.5 Å². The van der Waals surface area contributed by atoms with Gasteiger partial charge in [0.25, 0.3) is 0 Å². The molecule has 0 spiro atoms. The lowest BCUT2D eigenvalue weighted by atomic mass is 10.2. The van der Waals surface area contributed by atoms with Crippen molar-refractivity contribution in [3.05, 3.63) is 59.7 Å². The van der Waals surface area contributed by atoms with Crippen LogP contribution in [0.1, 0.15) is 25.0 Å². The fourth-order valence-corrected chi connectivity index (χ4v) is 5.79. The lowest BCUT2D eigenvalue weighted by Gasteiger charge is -2.30. The maximum atomic E-state index is 13.5. The molecule has 1 fully saturated rings. The molecule has 0 aromatic heterocycles. The van der Waals surface area contributed by atoms with E-state index in [1.807, 2.05) is 58.0 Å². The zero-order valence-electron chi connectivity index (χ0n) is 17.1. The van der Waals surface area contributed by atoms with Crippen molar-refractivity contribution in [2.45, 2.75) is 45.0 Å². The van der Waals surface area contributed by atoms with E-state index in [-0.39, 0.29) is 24.5 Å². The van der Waals surface area contributed by atoms with Gasteiger partial charge in [0.1, 0.15) is 11.8 Å². The van der Waals surface area contributed by atoms with E-state index >= 15 is 0 Å². The molecule has 2 aromatic carbocycles. The number of rotatable bonds is 6. The molecular weight excluding hydrogens is 388 g/mol. The molecule has 1 saturated heterocycles. The first-order valence-electron chi connectivity index (χ1n) is 9.64. The van der Waals surface area contributed by atoms with Gasteiger partial charge in [-0.15, -0.1) is 0 Å². The highest BCUT2D eigenvalue weighted by Gasteiger charge is 2.44. The van der Waals surface area contributed by atoms with Crippen LogP contribution in [0.15, 0.2) is 48.5 Å². The summed E-state index contributed by atoms with van der Waals surface area (Å²) in [6.45, 7) is 7.20. The molecule has 1 heterocycles. The Hall–Kier alpha value is -2.42. The quantitative estimate of drug-likeness (QED) is 0.672. The van der Waals surface area contributed by atoms with Gasteiger partial charge in [-0.3, -0.25) is 20.0 Å². The second kappa shape index (κ2) is 8.52. The summed E-state index contributed by atoms with van der Waals surface area (Å²) >= 11 is 0. The number of nitrogens with zero attached hydrogens (tertiary/aromatic N) is 1. The minimum atomic E-state index is -3.81. The first-order valence-corrected chi connectivity index (χ1v) is 11.1. The molecule has 29 heavy (non-hydrogen) atoms. The number of carbonyl (C=O) groups excluding carboxylic acids is 1. The lowest BCUT2D eigenvalue weighted by Crippen LogP contribution is -2.49. The van der Waals surface area contributed by atoms with Crippen LogP contribution in [0.25, 0.3) is 0 Å². The smallest absolute Gasteiger partial charge is 0.245 e. The first-order chi connectivity index (χ1) is 13.7. The second-order valence-corrected chi connectivity index (χ2v) is 9.65. The number of benzene rings is 2. The molecule has 3 rings (SSSR count). The zero-order valence-corrected chi connectivity index (χ0v) is 18.0. The number of anilines is 2. The van der Waals surface area contributed by atoms with E-state index in [2.05, 4.69) is 16.2 Å². The molecule has 7 nitrogen and oxygen atoms in total. The Labute approximate surface area is 172 Å². The van der Waals surface area contributed by atoms with Gasteiger partial charge in [-0.1, -0.05) is 29.8 Å². The van der Waals surface area contributed by atoms with Crippen LogP contribution in [0.5, 0.6) is 0 Å². The van der Waals surface area contributed by atoms with Gasteiger partial charge in [0, 0.05) is 17.8 Å². The standard InChI is InChI=1S/C21H28N4O3S/c1-14-8-10-19(11-9-14)25(29(27,28)21-16(3)23-24-17(21)4)13-20(26)22-18-7-5-6-15(2)12-18/h5-12,16-17,21,23-24H,13H2,1-4H3,(H,22,26). The summed E-state index contributed by atoms with van der Waals surface area (Å²) in [5, 5.41) is 2.10. The van der Waals surface area contributed by atoms with Crippen molar-refractivity contribution in [1.82, 2.24) is 10.9 Å². The second-order valence-electron chi connectivity index (χ2n) is 7.64. The Bertz CT molecular complexity index is 966. The molecule has 1 amide bonds. The fourth-order valence-electron chi connectivity index (χ4n) is 3.62. The molecule has 1 aliphatic rings. The number of hydrogen-bond acceptors (Lipinski definition) is 5. The molecule has 2 unspecified atom stereocenters. The Morgan fingerprint density at radius 3 is 2.21 bits per heavy atom. The molecule has 0 saturated carbocycles. The number of carbonyl (C=O) groups is 1. The van der Waals surface area contributed by atoms with Gasteiger partial charge in [-0.25, -0.2) is 8.42 Å². The maximum Gasteiger partial charge on any atom is 0.245 e. The van der Waals surface area contributed by atoms with E-state index in [9.17, 15) is 13.2 Å². The molecule has 156 valence electrons. The summed E-state index contributed by atoms with van der Waals surface area (Å²) in [5.41, 5.74) is 9.11. The summed E-state index contributed by atoms with van der Waals surface area (Å²) in [6, 6.07) is 14.0. The van der Waals surface area contributed by atoms with E-state index < -0.39 is 15.3 Å². The SMILES string of the molecule is Cc1ccc(N(CC(=O)Nc2cccc(C)c2)S(=O)(=O)C2C(C)NNC2C)cc1. The van der Waals surface area contributed by atoms with Crippen molar-refractivity contribution in [1.29, 1.82) is 0 Å². The van der Waals surface area contributed by atoms with Crippen LogP contribution in [0.3, 0.4) is 0 Å². The predicted molar refractivity (Wildman–Crippen MR) is 116 cm³/mol. The molecule has 8 heteroatoms. The third-order valence-electron chi connectivity index (χ3n) is 5.09. The molecular formula is C21H28N4O3S. The van der Waals surface area contributed by atoms with E-state index in [4.69, 9.17) is 0 Å². The summed E-state index contributed by atoms with van der Waals surface area (Å²) in [5.74, 6) is -0.390. The zero-order chi connectivity index (χ0) is 21.2. The Morgan fingerprint density at radius 2 is 1.62 bits per heavy atom. The Kier molecular flexibility index (Phi) is 6.26. The minimum Gasteiger partial charge on any atom is -0.325 e. The number of sulfonamides is 1. The lowest BCUT2D eigenvalue weighted by molar-refractivity contribution is -0.114. The monoisotopic (exact) mass is 416 g/mol. The summed E-state index contributed by atoms with van der Waals surface area (Å²) < 4.78 is 28.3. The molecule has 1 aliphatic heterocycles. The summed E-state index contributed by atoms with van der Waals surface area (Å²) in [4.78, 5) is 12.8. The van der Waals surface area contributed by atoms with Crippen LogP contribution in [-0.2, 0) is 14.8 Å². The summed E-state index contributed by atoms with van der Waals surface area (Å²) in [6.07, 6.45) is 0. The topological polar surface area (TPSA) is 90.5 Å². The van der Waals surface area contributed by atoms with Gasteiger partial charge in [0.2, 0.25) is 15.9 Å². The van der Waals surface area contributed by atoms with E-state index in [1.54, 1.807) is 18.2 Å². The van der Waals surface area contributed by atoms with Gasteiger partial charge in [0.15, 0.2) is 0 Å². The van der Waals surface area contributed by atoms with Crippen LogP contribution in [0, 0.1) is 13.8 Å². The van der Waals surface area contributed by atoms with Gasteiger partial charge >= 0.3 is 0 Å². The maximum absolute atomic E-state index is 13.5. The van der Waals surface area contributed by atoms with E-state index in [0.29, 0.717) is 11.4 Å². The predicted octanol–water partition coefficient (Wildman–Crippen LogP) is 2.33. The van der Waals surface area contributed by atoms with Crippen molar-refractivity contribution < 1.29 is 13.2 Å². The highest BCUT2D eigenvalue weighted by atomic mass is 32.2. The fraction of sp³-hybridized carbons (Fsp3) is 0.381. The first kappa shape index (κ1) is 21.3. The highest BCUT2D eigenvalue weighted by molar-refractivity contribution is 7.93. The molecule has 2 atom stereocenters. The van der Waals surface area contributed by atoms with Crippen molar-refractivity contribution in [3.8, 4) is 0 Å². The van der Waals surface area contributed by atoms with Crippen molar-refractivity contribution >= 4 is 27.3 Å². The summed E-state index contributed by atoms with van der Waals surface area (Å²) in [7, 11) is -3.81. The van der Waals surface area contributed by atoms with E-state index in [1.165, 1.54) is 4.31 Å². The average Bonchev–Trinajstić information content (AvgIpc) is 2.99. The molecule has 0 bridgehead atoms. The average molecular weight is 417 g/mol. The van der Waals surface area contributed by atoms with Crippen LogP contribution in [0.2, 0.25) is 0 Å². The Balaban J connectivity index is 1.91. The van der Waals surface area contributed by atoms with Gasteiger partial charge in [0.05, 0.1) is 5.69 Å². The van der Waals surface area contributed by atoms with Crippen LogP contribution >= 0.6 is 0 Å². The van der Waals surface area contributed by atoms with Crippen molar-refractivity contribution in [3.63, 3.8) is 0 Å². The third-order valence-corrected chi connectivity index (χ3v) is 7.55.